The van der Waals surface area contributed by atoms with Gasteiger partial charge in [0.1, 0.15) is 5.41 Å². The third-order valence-corrected chi connectivity index (χ3v) is 4.60. The SMILES string of the molecule is CCC(CNC(=O)C(C)C(C)(C)C)(C(=O)O)c1ccccc1. The van der Waals surface area contributed by atoms with Crippen LogP contribution in [0.1, 0.15) is 46.6 Å². The molecule has 0 aliphatic rings. The number of benzene rings is 1. The molecule has 1 amide bonds. The van der Waals surface area contributed by atoms with E-state index in [0.717, 1.165) is 0 Å². The highest BCUT2D eigenvalue weighted by Crippen LogP contribution is 2.29. The molecular formula is C18H27NO3. The van der Waals surface area contributed by atoms with Crippen LogP contribution in [-0.4, -0.2) is 23.5 Å². The lowest BCUT2D eigenvalue weighted by atomic mass is 9.77. The number of carbonyl (C=O) groups excluding carboxylic acids is 1. The normalized spacial score (nSPS) is 15.7. The van der Waals surface area contributed by atoms with E-state index < -0.39 is 11.4 Å². The standard InChI is InChI=1S/C18H27NO3/c1-6-18(16(21)22,14-10-8-7-9-11-14)12-19-15(20)13(2)17(3,4)5/h7-11,13H,6,12H2,1-5H3,(H,19,20)(H,21,22). The highest BCUT2D eigenvalue weighted by Gasteiger charge is 2.39. The van der Waals surface area contributed by atoms with Crippen LogP contribution in [0.2, 0.25) is 0 Å². The summed E-state index contributed by atoms with van der Waals surface area (Å²) in [6.07, 6.45) is 0.413. The molecule has 0 saturated carbocycles. The lowest BCUT2D eigenvalue weighted by Gasteiger charge is -2.31. The van der Waals surface area contributed by atoms with Gasteiger partial charge < -0.3 is 10.4 Å². The molecule has 0 radical (unpaired) electrons. The molecule has 0 aliphatic heterocycles. The van der Waals surface area contributed by atoms with Crippen molar-refractivity contribution in [2.75, 3.05) is 6.54 Å². The second-order valence-electron chi connectivity index (χ2n) is 6.91. The van der Waals surface area contributed by atoms with Crippen LogP contribution in [0.25, 0.3) is 0 Å². The molecule has 22 heavy (non-hydrogen) atoms. The third-order valence-electron chi connectivity index (χ3n) is 4.60. The van der Waals surface area contributed by atoms with Gasteiger partial charge >= 0.3 is 5.97 Å². The topological polar surface area (TPSA) is 66.4 Å². The fraction of sp³-hybridized carbons (Fsp3) is 0.556. The Labute approximate surface area is 132 Å². The van der Waals surface area contributed by atoms with Crippen molar-refractivity contribution in [2.45, 2.75) is 46.5 Å². The van der Waals surface area contributed by atoms with Crippen molar-refractivity contribution < 1.29 is 14.7 Å². The Morgan fingerprint density at radius 1 is 1.18 bits per heavy atom. The first-order chi connectivity index (χ1) is 10.1. The van der Waals surface area contributed by atoms with Gasteiger partial charge in [-0.05, 0) is 17.4 Å². The average molecular weight is 305 g/mol. The Bertz CT molecular complexity index is 519. The number of hydrogen-bond acceptors (Lipinski definition) is 2. The molecule has 2 atom stereocenters. The van der Waals surface area contributed by atoms with Crippen LogP contribution in [0.3, 0.4) is 0 Å². The molecule has 2 N–H and O–H groups in total. The number of carbonyl (C=O) groups is 2. The largest absolute Gasteiger partial charge is 0.481 e. The van der Waals surface area contributed by atoms with Crippen LogP contribution in [0.5, 0.6) is 0 Å². The highest BCUT2D eigenvalue weighted by molar-refractivity contribution is 5.84. The van der Waals surface area contributed by atoms with E-state index in [1.165, 1.54) is 0 Å². The van der Waals surface area contributed by atoms with E-state index in [0.29, 0.717) is 12.0 Å². The zero-order valence-corrected chi connectivity index (χ0v) is 14.1. The van der Waals surface area contributed by atoms with Gasteiger partial charge in [-0.3, -0.25) is 9.59 Å². The number of amides is 1. The zero-order valence-electron chi connectivity index (χ0n) is 14.1. The van der Waals surface area contributed by atoms with Gasteiger partial charge in [0, 0.05) is 12.5 Å². The van der Waals surface area contributed by atoms with Gasteiger partial charge in [0.25, 0.3) is 0 Å². The quantitative estimate of drug-likeness (QED) is 0.848. The Hall–Kier alpha value is -1.84. The summed E-state index contributed by atoms with van der Waals surface area (Å²) >= 11 is 0. The molecule has 0 heterocycles. The number of hydrogen-bond donors (Lipinski definition) is 2. The number of aliphatic carboxylic acids is 1. The first-order valence-electron chi connectivity index (χ1n) is 7.72. The Balaban J connectivity index is 2.98. The van der Waals surface area contributed by atoms with Gasteiger partial charge in [0.2, 0.25) is 5.91 Å². The van der Waals surface area contributed by atoms with Crippen LogP contribution in [0, 0.1) is 11.3 Å². The molecule has 1 rings (SSSR count). The van der Waals surface area contributed by atoms with Gasteiger partial charge in [-0.1, -0.05) is 65.0 Å². The fourth-order valence-electron chi connectivity index (χ4n) is 2.32. The van der Waals surface area contributed by atoms with E-state index in [2.05, 4.69) is 5.32 Å². The van der Waals surface area contributed by atoms with Crippen molar-refractivity contribution in [3.8, 4) is 0 Å². The second kappa shape index (κ2) is 6.95. The van der Waals surface area contributed by atoms with E-state index >= 15 is 0 Å². The van der Waals surface area contributed by atoms with Crippen LogP contribution in [0.4, 0.5) is 0 Å². The molecule has 0 aliphatic carbocycles. The van der Waals surface area contributed by atoms with E-state index in [9.17, 15) is 14.7 Å². The Kier molecular flexibility index (Phi) is 5.75. The molecule has 4 nitrogen and oxygen atoms in total. The maximum absolute atomic E-state index is 12.3. The predicted octanol–water partition coefficient (Wildman–Crippen LogP) is 3.22. The maximum atomic E-state index is 12.3. The van der Waals surface area contributed by atoms with Gasteiger partial charge in [-0.15, -0.1) is 0 Å². The van der Waals surface area contributed by atoms with E-state index in [-0.39, 0.29) is 23.8 Å². The summed E-state index contributed by atoms with van der Waals surface area (Å²) in [6.45, 7) is 9.80. The average Bonchev–Trinajstić information content (AvgIpc) is 2.47. The van der Waals surface area contributed by atoms with Gasteiger partial charge in [-0.2, -0.15) is 0 Å². The third kappa shape index (κ3) is 3.87. The molecule has 0 fully saturated rings. The molecule has 0 spiro atoms. The summed E-state index contributed by atoms with van der Waals surface area (Å²) < 4.78 is 0. The first-order valence-corrected chi connectivity index (χ1v) is 7.72. The fourth-order valence-corrected chi connectivity index (χ4v) is 2.32. The van der Waals surface area contributed by atoms with Crippen molar-refractivity contribution >= 4 is 11.9 Å². The second-order valence-corrected chi connectivity index (χ2v) is 6.91. The van der Waals surface area contributed by atoms with Crippen LogP contribution in [0.15, 0.2) is 30.3 Å². The van der Waals surface area contributed by atoms with E-state index in [1.807, 2.05) is 52.8 Å². The maximum Gasteiger partial charge on any atom is 0.315 e. The van der Waals surface area contributed by atoms with Gasteiger partial charge in [-0.25, -0.2) is 0 Å². The zero-order chi connectivity index (χ0) is 17.0. The molecule has 0 bridgehead atoms. The summed E-state index contributed by atoms with van der Waals surface area (Å²) in [4.78, 5) is 24.2. The van der Waals surface area contributed by atoms with Crippen LogP contribution >= 0.6 is 0 Å². The summed E-state index contributed by atoms with van der Waals surface area (Å²) in [6, 6.07) is 9.10. The lowest BCUT2D eigenvalue weighted by molar-refractivity contribution is -0.144. The first kappa shape index (κ1) is 18.2. The molecule has 2 unspecified atom stereocenters. The van der Waals surface area contributed by atoms with Gasteiger partial charge in [0.05, 0.1) is 0 Å². The minimum Gasteiger partial charge on any atom is -0.481 e. The van der Waals surface area contributed by atoms with Crippen LogP contribution in [-0.2, 0) is 15.0 Å². The summed E-state index contributed by atoms with van der Waals surface area (Å²) in [7, 11) is 0. The molecule has 0 aromatic heterocycles. The molecule has 4 heteroatoms. The minimum absolute atomic E-state index is 0.0993. The van der Waals surface area contributed by atoms with Crippen molar-refractivity contribution in [2.24, 2.45) is 11.3 Å². The monoisotopic (exact) mass is 305 g/mol. The van der Waals surface area contributed by atoms with Crippen molar-refractivity contribution in [1.29, 1.82) is 0 Å². The summed E-state index contributed by atoms with van der Waals surface area (Å²) in [5.74, 6) is -1.21. The molecule has 1 aromatic rings. The number of nitrogens with one attached hydrogen (secondary N) is 1. The highest BCUT2D eigenvalue weighted by atomic mass is 16.4. The predicted molar refractivity (Wildman–Crippen MR) is 87.7 cm³/mol. The Morgan fingerprint density at radius 2 is 1.73 bits per heavy atom. The number of carboxylic acids is 1. The number of carboxylic acid groups (broad SMARTS) is 1. The molecule has 1 aromatic carbocycles. The summed E-state index contributed by atoms with van der Waals surface area (Å²) in [5.41, 5.74) is -0.530. The number of rotatable bonds is 6. The van der Waals surface area contributed by atoms with E-state index in [4.69, 9.17) is 0 Å². The molecule has 122 valence electrons. The molecule has 0 saturated heterocycles. The van der Waals surface area contributed by atoms with Crippen molar-refractivity contribution in [1.82, 2.24) is 5.32 Å². The van der Waals surface area contributed by atoms with Crippen LogP contribution < -0.4 is 5.32 Å². The smallest absolute Gasteiger partial charge is 0.315 e. The Morgan fingerprint density at radius 3 is 2.14 bits per heavy atom. The van der Waals surface area contributed by atoms with E-state index in [1.54, 1.807) is 12.1 Å². The minimum atomic E-state index is -1.09. The summed E-state index contributed by atoms with van der Waals surface area (Å²) in [5, 5.41) is 12.6. The lowest BCUT2D eigenvalue weighted by Crippen LogP contribution is -2.48. The van der Waals surface area contributed by atoms with Crippen molar-refractivity contribution in [3.63, 3.8) is 0 Å². The molecular weight excluding hydrogens is 278 g/mol. The van der Waals surface area contributed by atoms with Gasteiger partial charge in [0.15, 0.2) is 0 Å². The van der Waals surface area contributed by atoms with Crippen molar-refractivity contribution in [3.05, 3.63) is 35.9 Å².